The maximum Gasteiger partial charge on any atom is 0.149 e. The number of hydrogen-bond acceptors (Lipinski definition) is 3. The highest BCUT2D eigenvalue weighted by atomic mass is 19.1. The average Bonchev–Trinajstić information content (AvgIpc) is 2.38. The van der Waals surface area contributed by atoms with Gasteiger partial charge in [-0.1, -0.05) is 6.92 Å². The van der Waals surface area contributed by atoms with Crippen LogP contribution in [-0.4, -0.2) is 25.8 Å². The summed E-state index contributed by atoms with van der Waals surface area (Å²) in [6.45, 7) is 3.63. The molecule has 1 fully saturated rings. The van der Waals surface area contributed by atoms with E-state index in [4.69, 9.17) is 10.5 Å². The van der Waals surface area contributed by atoms with E-state index in [1.54, 1.807) is 4.90 Å². The van der Waals surface area contributed by atoms with Crippen LogP contribution in [0.15, 0.2) is 12.1 Å². The van der Waals surface area contributed by atoms with Gasteiger partial charge in [0.15, 0.2) is 0 Å². The van der Waals surface area contributed by atoms with Gasteiger partial charge in [-0.2, -0.15) is 0 Å². The molecule has 0 aliphatic carbocycles. The molecule has 5 heteroatoms. The van der Waals surface area contributed by atoms with Gasteiger partial charge in [-0.05, 0) is 24.1 Å². The molecule has 0 aromatic heterocycles. The second-order valence-corrected chi connectivity index (χ2v) is 4.44. The highest BCUT2D eigenvalue weighted by Gasteiger charge is 2.26. The molecular weight excluding hydrogens is 238 g/mol. The van der Waals surface area contributed by atoms with Crippen molar-refractivity contribution >= 4 is 5.69 Å². The number of morpholine rings is 1. The Bertz CT molecular complexity index is 402. The fraction of sp³-hybridized carbons (Fsp3) is 0.538. The van der Waals surface area contributed by atoms with Crippen LogP contribution in [0.1, 0.15) is 18.9 Å². The first-order valence-corrected chi connectivity index (χ1v) is 6.19. The number of anilines is 1. The molecule has 1 unspecified atom stereocenters. The maximum atomic E-state index is 14.0. The molecule has 1 heterocycles. The number of rotatable bonds is 3. The van der Waals surface area contributed by atoms with Crippen molar-refractivity contribution in [3.05, 3.63) is 29.3 Å². The Morgan fingerprint density at radius 1 is 1.39 bits per heavy atom. The molecular formula is C13H18F2N2O. The number of ether oxygens (including phenoxy) is 1. The monoisotopic (exact) mass is 256 g/mol. The quantitative estimate of drug-likeness (QED) is 0.899. The molecule has 0 amide bonds. The molecule has 1 saturated heterocycles. The summed E-state index contributed by atoms with van der Waals surface area (Å²) >= 11 is 0. The van der Waals surface area contributed by atoms with Gasteiger partial charge < -0.3 is 15.4 Å². The zero-order valence-electron chi connectivity index (χ0n) is 10.5. The first kappa shape index (κ1) is 13.2. The minimum atomic E-state index is -0.546. The van der Waals surface area contributed by atoms with Crippen LogP contribution in [-0.2, 0) is 11.3 Å². The topological polar surface area (TPSA) is 38.5 Å². The third kappa shape index (κ3) is 2.47. The lowest BCUT2D eigenvalue weighted by molar-refractivity contribution is 0.0922. The van der Waals surface area contributed by atoms with E-state index < -0.39 is 11.6 Å². The van der Waals surface area contributed by atoms with Crippen molar-refractivity contribution in [2.45, 2.75) is 25.9 Å². The van der Waals surface area contributed by atoms with Crippen LogP contribution < -0.4 is 10.6 Å². The van der Waals surface area contributed by atoms with E-state index in [-0.39, 0.29) is 18.3 Å². The smallest absolute Gasteiger partial charge is 0.149 e. The Labute approximate surface area is 106 Å². The van der Waals surface area contributed by atoms with Gasteiger partial charge >= 0.3 is 0 Å². The predicted octanol–water partition coefficient (Wildman–Crippen LogP) is 2.04. The van der Waals surface area contributed by atoms with Gasteiger partial charge in [0.05, 0.1) is 19.3 Å². The summed E-state index contributed by atoms with van der Waals surface area (Å²) in [6, 6.07) is 2.63. The number of benzene rings is 1. The highest BCUT2D eigenvalue weighted by Crippen LogP contribution is 2.28. The Morgan fingerprint density at radius 2 is 2.06 bits per heavy atom. The van der Waals surface area contributed by atoms with Crippen LogP contribution >= 0.6 is 0 Å². The third-order valence-corrected chi connectivity index (χ3v) is 3.30. The van der Waals surface area contributed by atoms with Crippen LogP contribution in [0.3, 0.4) is 0 Å². The summed E-state index contributed by atoms with van der Waals surface area (Å²) in [7, 11) is 0. The summed E-state index contributed by atoms with van der Waals surface area (Å²) in [4.78, 5) is 1.76. The van der Waals surface area contributed by atoms with Crippen LogP contribution in [0.25, 0.3) is 0 Å². The molecule has 1 aliphatic heterocycles. The fourth-order valence-corrected chi connectivity index (χ4v) is 2.30. The van der Waals surface area contributed by atoms with E-state index in [1.807, 2.05) is 6.92 Å². The first-order valence-electron chi connectivity index (χ1n) is 6.19. The number of hydrogen-bond donors (Lipinski definition) is 1. The lowest BCUT2D eigenvalue weighted by Gasteiger charge is -2.37. The normalized spacial score (nSPS) is 20.2. The molecule has 1 aliphatic rings. The van der Waals surface area contributed by atoms with Crippen LogP contribution in [0.2, 0.25) is 0 Å². The molecule has 18 heavy (non-hydrogen) atoms. The van der Waals surface area contributed by atoms with Gasteiger partial charge in [0.25, 0.3) is 0 Å². The summed E-state index contributed by atoms with van der Waals surface area (Å²) in [6.07, 6.45) is 0.789. The molecule has 1 aromatic rings. The van der Waals surface area contributed by atoms with Crippen molar-refractivity contribution < 1.29 is 13.5 Å². The van der Waals surface area contributed by atoms with Gasteiger partial charge in [0.2, 0.25) is 0 Å². The van der Waals surface area contributed by atoms with Crippen molar-refractivity contribution in [3.8, 4) is 0 Å². The number of nitrogens with two attached hydrogens (primary N) is 1. The largest absolute Gasteiger partial charge is 0.377 e. The van der Waals surface area contributed by atoms with Crippen molar-refractivity contribution in [1.82, 2.24) is 0 Å². The average molecular weight is 256 g/mol. The number of halogens is 2. The fourth-order valence-electron chi connectivity index (χ4n) is 2.30. The standard InChI is InChI=1S/C13H18F2N2O/c1-2-10-8-18-4-3-17(10)13-11(14)5-9(7-16)6-12(13)15/h5-6,10H,2-4,7-8,16H2,1H3. The SMILES string of the molecule is CCC1COCCN1c1c(F)cc(CN)cc1F. The second-order valence-electron chi connectivity index (χ2n) is 4.44. The van der Waals surface area contributed by atoms with Crippen molar-refractivity contribution in [2.24, 2.45) is 5.73 Å². The minimum absolute atomic E-state index is 0.0199. The molecule has 3 nitrogen and oxygen atoms in total. The van der Waals surface area contributed by atoms with Gasteiger partial charge in [-0.25, -0.2) is 8.78 Å². The van der Waals surface area contributed by atoms with Gasteiger partial charge in [-0.3, -0.25) is 0 Å². The maximum absolute atomic E-state index is 14.0. The zero-order chi connectivity index (χ0) is 13.1. The first-order chi connectivity index (χ1) is 8.67. The molecule has 0 spiro atoms. The minimum Gasteiger partial charge on any atom is -0.377 e. The Balaban J connectivity index is 2.37. The van der Waals surface area contributed by atoms with Gasteiger partial charge in [0, 0.05) is 13.1 Å². The molecule has 0 saturated carbocycles. The summed E-state index contributed by atoms with van der Waals surface area (Å²) < 4.78 is 33.4. The highest BCUT2D eigenvalue weighted by molar-refractivity contribution is 5.52. The predicted molar refractivity (Wildman–Crippen MR) is 66.5 cm³/mol. The van der Waals surface area contributed by atoms with Crippen molar-refractivity contribution in [3.63, 3.8) is 0 Å². The lowest BCUT2D eigenvalue weighted by Crippen LogP contribution is -2.46. The van der Waals surface area contributed by atoms with Crippen molar-refractivity contribution in [1.29, 1.82) is 0 Å². The summed E-state index contributed by atoms with van der Waals surface area (Å²) in [5.41, 5.74) is 5.91. The summed E-state index contributed by atoms with van der Waals surface area (Å²) in [5.74, 6) is -1.09. The van der Waals surface area contributed by atoms with E-state index in [2.05, 4.69) is 0 Å². The van der Waals surface area contributed by atoms with E-state index in [0.29, 0.717) is 25.3 Å². The Kier molecular flexibility index (Phi) is 4.14. The molecule has 1 atom stereocenters. The molecule has 1 aromatic carbocycles. The summed E-state index contributed by atoms with van der Waals surface area (Å²) in [5, 5.41) is 0. The second kappa shape index (κ2) is 5.63. The Hall–Kier alpha value is -1.20. The van der Waals surface area contributed by atoms with Gasteiger partial charge in [0.1, 0.15) is 17.3 Å². The van der Waals surface area contributed by atoms with Crippen molar-refractivity contribution in [2.75, 3.05) is 24.7 Å². The van der Waals surface area contributed by atoms with E-state index >= 15 is 0 Å². The number of nitrogens with zero attached hydrogens (tertiary/aromatic N) is 1. The third-order valence-electron chi connectivity index (χ3n) is 3.30. The van der Waals surface area contributed by atoms with Gasteiger partial charge in [-0.15, -0.1) is 0 Å². The molecule has 2 rings (SSSR count). The van der Waals surface area contributed by atoms with Crippen LogP contribution in [0, 0.1) is 11.6 Å². The molecule has 100 valence electrons. The van der Waals surface area contributed by atoms with E-state index in [1.165, 1.54) is 12.1 Å². The molecule has 2 N–H and O–H groups in total. The zero-order valence-corrected chi connectivity index (χ0v) is 10.5. The van der Waals surface area contributed by atoms with E-state index in [0.717, 1.165) is 6.42 Å². The van der Waals surface area contributed by atoms with Crippen LogP contribution in [0.4, 0.5) is 14.5 Å². The Morgan fingerprint density at radius 3 is 2.61 bits per heavy atom. The van der Waals surface area contributed by atoms with E-state index in [9.17, 15) is 8.78 Å². The molecule has 0 bridgehead atoms. The molecule has 0 radical (unpaired) electrons. The van der Waals surface area contributed by atoms with Crippen LogP contribution in [0.5, 0.6) is 0 Å². The lowest BCUT2D eigenvalue weighted by atomic mass is 10.1.